The number of hydrogen-bond donors (Lipinski definition) is 1. The maximum atomic E-state index is 3.51. The Morgan fingerprint density at radius 3 is 1.57 bits per heavy atom. The number of nitrogens with one attached hydrogen (secondary N) is 1. The normalized spacial score (nSPS) is 11.6. The van der Waals surface area contributed by atoms with E-state index in [1.54, 1.807) is 0 Å². The molecule has 0 atom stereocenters. The predicted molar refractivity (Wildman–Crippen MR) is 91.5 cm³/mol. The van der Waals surface area contributed by atoms with Crippen molar-refractivity contribution in [1.29, 1.82) is 0 Å². The summed E-state index contributed by atoms with van der Waals surface area (Å²) >= 11 is 0. The average molecular weight is 281 g/mol. The van der Waals surface area contributed by atoms with Crippen LogP contribution >= 0.6 is 0 Å². The van der Waals surface area contributed by atoms with Gasteiger partial charge in [-0.15, -0.1) is 0 Å². The van der Waals surface area contributed by atoms with Crippen LogP contribution in [0.1, 0.15) is 49.9 Å². The summed E-state index contributed by atoms with van der Waals surface area (Å²) in [5, 5.41) is 3.51. The molecule has 0 radical (unpaired) electrons. The quantitative estimate of drug-likeness (QED) is 0.827. The molecule has 0 bridgehead atoms. The van der Waals surface area contributed by atoms with Crippen LogP contribution in [-0.4, -0.2) is 0 Å². The van der Waals surface area contributed by atoms with Crippen molar-refractivity contribution in [3.8, 4) is 0 Å². The van der Waals surface area contributed by atoms with Crippen LogP contribution in [0.25, 0.3) is 0 Å². The molecule has 0 aliphatic heterocycles. The molecule has 0 aliphatic carbocycles. The van der Waals surface area contributed by atoms with Gasteiger partial charge >= 0.3 is 0 Å². The van der Waals surface area contributed by atoms with Gasteiger partial charge in [-0.2, -0.15) is 0 Å². The van der Waals surface area contributed by atoms with Crippen LogP contribution in [0, 0.1) is 0 Å². The van der Waals surface area contributed by atoms with Gasteiger partial charge in [-0.3, -0.25) is 0 Å². The fourth-order valence-electron chi connectivity index (χ4n) is 2.37. The van der Waals surface area contributed by atoms with Crippen LogP contribution in [-0.2, 0) is 24.9 Å². The smallest absolute Gasteiger partial charge is 0.0208 e. The lowest BCUT2D eigenvalue weighted by molar-refractivity contribution is 0.589. The molecule has 0 amide bonds. The third-order valence-corrected chi connectivity index (χ3v) is 3.91. The largest absolute Gasteiger partial charge is 0.309 e. The number of aryl methyl sites for hydroxylation is 1. The second-order valence-corrected chi connectivity index (χ2v) is 6.72. The van der Waals surface area contributed by atoms with Gasteiger partial charge in [-0.05, 0) is 34.1 Å². The molecule has 0 aromatic heterocycles. The first kappa shape index (κ1) is 15.8. The highest BCUT2D eigenvalue weighted by Gasteiger charge is 2.12. The minimum absolute atomic E-state index is 0.229. The van der Waals surface area contributed by atoms with E-state index >= 15 is 0 Å². The first-order valence-corrected chi connectivity index (χ1v) is 7.87. The number of benzene rings is 2. The molecule has 0 saturated heterocycles. The molecular formula is C20H27N. The molecule has 2 aromatic carbocycles. The van der Waals surface area contributed by atoms with Crippen LogP contribution in [0.5, 0.6) is 0 Å². The van der Waals surface area contributed by atoms with Crippen LogP contribution in [0.2, 0.25) is 0 Å². The van der Waals surface area contributed by atoms with E-state index in [0.29, 0.717) is 0 Å². The molecule has 0 unspecified atom stereocenters. The summed E-state index contributed by atoms with van der Waals surface area (Å²) in [6, 6.07) is 17.8. The lowest BCUT2D eigenvalue weighted by Gasteiger charge is -2.19. The fourth-order valence-corrected chi connectivity index (χ4v) is 2.37. The van der Waals surface area contributed by atoms with E-state index in [2.05, 4.69) is 81.5 Å². The van der Waals surface area contributed by atoms with E-state index in [9.17, 15) is 0 Å². The Morgan fingerprint density at radius 1 is 0.714 bits per heavy atom. The molecule has 0 saturated carbocycles. The van der Waals surface area contributed by atoms with Crippen molar-refractivity contribution in [2.45, 2.75) is 52.6 Å². The highest BCUT2D eigenvalue weighted by atomic mass is 14.8. The summed E-state index contributed by atoms with van der Waals surface area (Å²) in [7, 11) is 0. The minimum atomic E-state index is 0.229. The van der Waals surface area contributed by atoms with Crippen LogP contribution in [0.3, 0.4) is 0 Å². The van der Waals surface area contributed by atoms with Gasteiger partial charge in [0.1, 0.15) is 0 Å². The van der Waals surface area contributed by atoms with Gasteiger partial charge in [0.05, 0.1) is 0 Å². The summed E-state index contributed by atoms with van der Waals surface area (Å²) in [6.07, 6.45) is 1.10. The summed E-state index contributed by atoms with van der Waals surface area (Å²) in [5.74, 6) is 0. The third-order valence-electron chi connectivity index (χ3n) is 3.91. The second-order valence-electron chi connectivity index (χ2n) is 6.72. The van der Waals surface area contributed by atoms with Crippen LogP contribution in [0.15, 0.2) is 48.5 Å². The zero-order chi connectivity index (χ0) is 15.3. The van der Waals surface area contributed by atoms with Crippen molar-refractivity contribution in [3.63, 3.8) is 0 Å². The monoisotopic (exact) mass is 281 g/mol. The molecule has 112 valence electrons. The highest BCUT2D eigenvalue weighted by Crippen LogP contribution is 2.22. The summed E-state index contributed by atoms with van der Waals surface area (Å²) in [4.78, 5) is 0. The molecule has 2 aromatic rings. The second kappa shape index (κ2) is 6.91. The molecule has 1 heteroatoms. The molecule has 1 nitrogen and oxygen atoms in total. The Hall–Kier alpha value is -1.60. The average Bonchev–Trinajstić information content (AvgIpc) is 2.47. The molecule has 0 aliphatic rings. The van der Waals surface area contributed by atoms with Gasteiger partial charge in [0.25, 0.3) is 0 Å². The number of rotatable bonds is 5. The molecule has 21 heavy (non-hydrogen) atoms. The van der Waals surface area contributed by atoms with E-state index in [0.717, 1.165) is 19.5 Å². The van der Waals surface area contributed by atoms with Gasteiger partial charge in [-0.25, -0.2) is 0 Å². The lowest BCUT2D eigenvalue weighted by atomic mass is 9.87. The zero-order valence-corrected chi connectivity index (χ0v) is 13.7. The number of hydrogen-bond acceptors (Lipinski definition) is 1. The van der Waals surface area contributed by atoms with E-state index in [-0.39, 0.29) is 5.41 Å². The van der Waals surface area contributed by atoms with Crippen molar-refractivity contribution >= 4 is 0 Å². The van der Waals surface area contributed by atoms with Gasteiger partial charge in [-0.1, -0.05) is 76.2 Å². The van der Waals surface area contributed by atoms with Gasteiger partial charge in [0.2, 0.25) is 0 Å². The molecule has 0 heterocycles. The zero-order valence-electron chi connectivity index (χ0n) is 13.7. The highest BCUT2D eigenvalue weighted by molar-refractivity contribution is 5.27. The third kappa shape index (κ3) is 4.71. The molecule has 0 fully saturated rings. The standard InChI is InChI=1S/C20H27N/c1-5-16-6-8-17(9-7-16)14-21-15-18-10-12-19(13-11-18)20(2,3)4/h6-13,21H,5,14-15H2,1-4H3. The van der Waals surface area contributed by atoms with Crippen molar-refractivity contribution in [2.75, 3.05) is 0 Å². The summed E-state index contributed by atoms with van der Waals surface area (Å²) in [5.41, 5.74) is 5.71. The topological polar surface area (TPSA) is 12.0 Å². The predicted octanol–water partition coefficient (Wildman–Crippen LogP) is 4.84. The Balaban J connectivity index is 1.85. The Kier molecular flexibility index (Phi) is 5.19. The maximum absolute atomic E-state index is 3.51. The van der Waals surface area contributed by atoms with E-state index < -0.39 is 0 Å². The SMILES string of the molecule is CCc1ccc(CNCc2ccc(C(C)(C)C)cc2)cc1. The molecule has 0 spiro atoms. The van der Waals surface area contributed by atoms with Crippen LogP contribution in [0.4, 0.5) is 0 Å². The summed E-state index contributed by atoms with van der Waals surface area (Å²) < 4.78 is 0. The molecular weight excluding hydrogens is 254 g/mol. The first-order chi connectivity index (χ1) is 9.99. The van der Waals surface area contributed by atoms with Gasteiger partial charge in [0, 0.05) is 13.1 Å². The van der Waals surface area contributed by atoms with Crippen molar-refractivity contribution in [1.82, 2.24) is 5.32 Å². The Morgan fingerprint density at radius 2 is 1.14 bits per heavy atom. The Bertz CT molecular complexity index is 544. The fraction of sp³-hybridized carbons (Fsp3) is 0.400. The van der Waals surface area contributed by atoms with Crippen molar-refractivity contribution in [3.05, 3.63) is 70.8 Å². The minimum Gasteiger partial charge on any atom is -0.309 e. The molecule has 1 N–H and O–H groups in total. The summed E-state index contributed by atoms with van der Waals surface area (Å²) in [6.45, 7) is 10.8. The lowest BCUT2D eigenvalue weighted by Crippen LogP contribution is -2.14. The van der Waals surface area contributed by atoms with Crippen LogP contribution < -0.4 is 5.32 Å². The van der Waals surface area contributed by atoms with E-state index in [1.807, 2.05) is 0 Å². The molecule has 2 rings (SSSR count). The van der Waals surface area contributed by atoms with E-state index in [1.165, 1.54) is 22.3 Å². The first-order valence-electron chi connectivity index (χ1n) is 7.87. The van der Waals surface area contributed by atoms with E-state index in [4.69, 9.17) is 0 Å². The Labute approximate surface area is 129 Å². The van der Waals surface area contributed by atoms with Crippen molar-refractivity contribution in [2.24, 2.45) is 0 Å². The van der Waals surface area contributed by atoms with Gasteiger partial charge < -0.3 is 5.32 Å². The van der Waals surface area contributed by atoms with Crippen molar-refractivity contribution < 1.29 is 0 Å². The van der Waals surface area contributed by atoms with Gasteiger partial charge in [0.15, 0.2) is 0 Å². The maximum Gasteiger partial charge on any atom is 0.0208 e.